The van der Waals surface area contributed by atoms with E-state index in [4.69, 9.17) is 16.7 Å². The molecule has 0 aliphatic heterocycles. The summed E-state index contributed by atoms with van der Waals surface area (Å²) >= 11 is 5.60. The van der Waals surface area contributed by atoms with Crippen LogP contribution in [0.5, 0.6) is 0 Å². The molecular weight excluding hydrogens is 173 g/mol. The van der Waals surface area contributed by atoms with Crippen LogP contribution in [0.4, 0.5) is 0 Å². The fraction of sp³-hybridized carbons (Fsp3) is 1.00. The molecule has 64 valence electrons. The number of hydrogen-bond acceptors (Lipinski definition) is 1. The SMILES string of the molecule is CC(O)C[N+](C)(C)CCl.[Cl-]. The monoisotopic (exact) mass is 187 g/mol. The van der Waals surface area contributed by atoms with Gasteiger partial charge in [0.15, 0.2) is 6.00 Å². The third kappa shape index (κ3) is 6.62. The molecule has 4 heteroatoms. The maximum Gasteiger partial charge on any atom is 0.154 e. The van der Waals surface area contributed by atoms with Crippen molar-refractivity contribution in [1.29, 1.82) is 0 Å². The van der Waals surface area contributed by atoms with Crippen LogP contribution in [-0.2, 0) is 0 Å². The van der Waals surface area contributed by atoms with E-state index in [1.54, 1.807) is 6.92 Å². The van der Waals surface area contributed by atoms with Crippen molar-refractivity contribution in [1.82, 2.24) is 0 Å². The number of alkyl halides is 1. The number of hydrogen-bond donors (Lipinski definition) is 1. The van der Waals surface area contributed by atoms with E-state index in [2.05, 4.69) is 0 Å². The Morgan fingerprint density at radius 3 is 2.00 bits per heavy atom. The largest absolute Gasteiger partial charge is 1.00 e. The first kappa shape index (κ1) is 13.1. The van der Waals surface area contributed by atoms with Crippen molar-refractivity contribution in [3.05, 3.63) is 0 Å². The van der Waals surface area contributed by atoms with Gasteiger partial charge in [-0.2, -0.15) is 0 Å². The number of likely N-dealkylation sites (N-methyl/N-ethyl adjacent to an activating group) is 1. The summed E-state index contributed by atoms with van der Waals surface area (Å²) < 4.78 is 0.666. The summed E-state index contributed by atoms with van der Waals surface area (Å²) in [5, 5.41) is 8.94. The van der Waals surface area contributed by atoms with Gasteiger partial charge in [-0.3, -0.25) is 0 Å². The van der Waals surface area contributed by atoms with E-state index in [-0.39, 0.29) is 18.5 Å². The molecule has 0 aromatic heterocycles. The lowest BCUT2D eigenvalue weighted by molar-refractivity contribution is -0.882. The van der Waals surface area contributed by atoms with Crippen molar-refractivity contribution in [2.24, 2.45) is 0 Å². The summed E-state index contributed by atoms with van der Waals surface area (Å²) in [7, 11) is 3.97. The molecule has 0 bridgehead atoms. The van der Waals surface area contributed by atoms with Gasteiger partial charge in [0.25, 0.3) is 0 Å². The van der Waals surface area contributed by atoms with Gasteiger partial charge >= 0.3 is 0 Å². The fourth-order valence-corrected chi connectivity index (χ4v) is 0.862. The summed E-state index contributed by atoms with van der Waals surface area (Å²) in [6.07, 6.45) is -0.265. The molecule has 0 saturated heterocycles. The molecule has 0 amide bonds. The molecule has 10 heavy (non-hydrogen) atoms. The van der Waals surface area contributed by atoms with Crippen LogP contribution in [0.25, 0.3) is 0 Å². The predicted molar refractivity (Wildman–Crippen MR) is 39.4 cm³/mol. The summed E-state index contributed by atoms with van der Waals surface area (Å²) in [4.78, 5) is 0. The minimum Gasteiger partial charge on any atom is -1.00 e. The van der Waals surface area contributed by atoms with E-state index in [0.717, 1.165) is 0 Å². The first-order valence-electron chi connectivity index (χ1n) is 3.04. The summed E-state index contributed by atoms with van der Waals surface area (Å²) in [5.74, 6) is 0. The second-order valence-electron chi connectivity index (χ2n) is 3.09. The maximum atomic E-state index is 8.94. The predicted octanol–water partition coefficient (Wildman–Crippen LogP) is -2.36. The lowest BCUT2D eigenvalue weighted by atomic mass is 10.3. The molecule has 0 saturated carbocycles. The number of aliphatic hydroxyl groups is 1. The third-order valence-corrected chi connectivity index (χ3v) is 1.73. The molecule has 1 N–H and O–H groups in total. The molecule has 0 aliphatic carbocycles. The van der Waals surface area contributed by atoms with Crippen LogP contribution in [0.1, 0.15) is 6.92 Å². The zero-order chi connectivity index (χ0) is 7.49. The van der Waals surface area contributed by atoms with Crippen LogP contribution in [0.15, 0.2) is 0 Å². The van der Waals surface area contributed by atoms with Crippen molar-refractivity contribution in [3.63, 3.8) is 0 Å². The molecule has 0 rings (SSSR count). The first-order chi connectivity index (χ1) is 3.98. The molecule has 0 radical (unpaired) electrons. The highest BCUT2D eigenvalue weighted by Gasteiger charge is 2.15. The second-order valence-corrected chi connectivity index (χ2v) is 3.33. The van der Waals surface area contributed by atoms with Gasteiger partial charge in [0, 0.05) is 0 Å². The minimum atomic E-state index is -0.265. The lowest BCUT2D eigenvalue weighted by Gasteiger charge is -2.27. The van der Waals surface area contributed by atoms with E-state index < -0.39 is 0 Å². The van der Waals surface area contributed by atoms with Gasteiger partial charge in [0.2, 0.25) is 0 Å². The Bertz CT molecular complexity index is 85.8. The van der Waals surface area contributed by atoms with Gasteiger partial charge in [-0.15, -0.1) is 0 Å². The number of aliphatic hydroxyl groups excluding tert-OH is 1. The van der Waals surface area contributed by atoms with E-state index >= 15 is 0 Å². The van der Waals surface area contributed by atoms with Crippen molar-refractivity contribution in [3.8, 4) is 0 Å². The van der Waals surface area contributed by atoms with E-state index in [0.29, 0.717) is 17.0 Å². The average molecular weight is 188 g/mol. The Kier molecular flexibility index (Phi) is 6.81. The van der Waals surface area contributed by atoms with Gasteiger partial charge < -0.3 is 22.0 Å². The van der Waals surface area contributed by atoms with Gasteiger partial charge in [-0.25, -0.2) is 0 Å². The highest BCUT2D eigenvalue weighted by molar-refractivity contribution is 6.16. The number of halogens is 2. The third-order valence-electron chi connectivity index (χ3n) is 1.08. The summed E-state index contributed by atoms with van der Waals surface area (Å²) in [5.41, 5.74) is 0. The highest BCUT2D eigenvalue weighted by Crippen LogP contribution is 2.00. The van der Waals surface area contributed by atoms with Gasteiger partial charge in [0.1, 0.15) is 12.6 Å². The van der Waals surface area contributed by atoms with Crippen molar-refractivity contribution in [2.45, 2.75) is 13.0 Å². The van der Waals surface area contributed by atoms with Crippen LogP contribution in [0.3, 0.4) is 0 Å². The fourth-order valence-electron chi connectivity index (χ4n) is 0.764. The highest BCUT2D eigenvalue weighted by atomic mass is 35.5. The van der Waals surface area contributed by atoms with Gasteiger partial charge in [-0.05, 0) is 6.92 Å². The van der Waals surface area contributed by atoms with E-state index in [9.17, 15) is 0 Å². The van der Waals surface area contributed by atoms with Gasteiger partial charge in [0.05, 0.1) is 14.1 Å². The van der Waals surface area contributed by atoms with Crippen LogP contribution < -0.4 is 12.4 Å². The molecule has 0 aromatic carbocycles. The summed E-state index contributed by atoms with van der Waals surface area (Å²) in [6, 6.07) is 0.547. The Morgan fingerprint density at radius 2 is 1.90 bits per heavy atom. The van der Waals surface area contributed by atoms with Crippen LogP contribution in [-0.4, -0.2) is 42.3 Å². The van der Waals surface area contributed by atoms with Crippen LogP contribution in [0.2, 0.25) is 0 Å². The van der Waals surface area contributed by atoms with Crippen LogP contribution in [0, 0.1) is 0 Å². The lowest BCUT2D eigenvalue weighted by Crippen LogP contribution is -3.00. The topological polar surface area (TPSA) is 20.2 Å². The smallest absolute Gasteiger partial charge is 0.154 e. The number of nitrogens with zero attached hydrogens (tertiary/aromatic N) is 1. The van der Waals surface area contributed by atoms with Crippen molar-refractivity contribution in [2.75, 3.05) is 26.6 Å². The summed E-state index contributed by atoms with van der Waals surface area (Å²) in [6.45, 7) is 2.48. The Labute approximate surface area is 73.8 Å². The van der Waals surface area contributed by atoms with Crippen LogP contribution >= 0.6 is 11.6 Å². The zero-order valence-corrected chi connectivity index (χ0v) is 8.15. The minimum absolute atomic E-state index is 0. The number of quaternary nitrogens is 1. The number of rotatable bonds is 3. The normalized spacial score (nSPS) is 14.1. The zero-order valence-electron chi connectivity index (χ0n) is 6.64. The molecule has 0 spiro atoms. The molecule has 1 unspecified atom stereocenters. The van der Waals surface area contributed by atoms with Crippen molar-refractivity contribution >= 4 is 11.6 Å². The maximum absolute atomic E-state index is 8.94. The van der Waals surface area contributed by atoms with E-state index in [1.165, 1.54) is 0 Å². The molecule has 0 fully saturated rings. The quantitative estimate of drug-likeness (QED) is 0.298. The standard InChI is InChI=1S/C6H15ClNO.ClH/c1-6(9)4-8(2,3)5-7;/h6,9H,4-5H2,1-3H3;1H/q+1;/p-1. The van der Waals surface area contributed by atoms with Crippen molar-refractivity contribution < 1.29 is 22.0 Å². The molecule has 0 heterocycles. The Balaban J connectivity index is 0. The second kappa shape index (κ2) is 5.19. The molecule has 0 aromatic rings. The average Bonchev–Trinajstić information content (AvgIpc) is 1.63. The van der Waals surface area contributed by atoms with E-state index in [1.807, 2.05) is 14.1 Å². The molecule has 1 atom stereocenters. The Hall–Kier alpha value is 0.500. The van der Waals surface area contributed by atoms with Gasteiger partial charge in [-0.1, -0.05) is 11.6 Å². The molecule has 0 aliphatic rings. The molecular formula is C6H15Cl2NO. The molecule has 2 nitrogen and oxygen atoms in total. The first-order valence-corrected chi connectivity index (χ1v) is 3.57. The Morgan fingerprint density at radius 1 is 1.50 bits per heavy atom.